The number of benzene rings is 1. The maximum Gasteiger partial charge on any atom is 0.176 e. The van der Waals surface area contributed by atoms with Crippen LogP contribution >= 0.6 is 0 Å². The molecular formula is C13H17N5O2. The summed E-state index contributed by atoms with van der Waals surface area (Å²) in [6, 6.07) is 7.75. The predicted octanol–water partition coefficient (Wildman–Crippen LogP) is 0.181. The van der Waals surface area contributed by atoms with E-state index in [1.54, 1.807) is 7.05 Å². The molecule has 0 fully saturated rings. The van der Waals surface area contributed by atoms with Crippen molar-refractivity contribution >= 4 is 0 Å². The van der Waals surface area contributed by atoms with Crippen molar-refractivity contribution in [1.29, 1.82) is 0 Å². The molecule has 3 rings (SSSR count). The van der Waals surface area contributed by atoms with Crippen molar-refractivity contribution in [2.75, 3.05) is 13.7 Å². The number of nitrogens with zero attached hydrogens (tertiary/aromatic N) is 4. The fourth-order valence-electron chi connectivity index (χ4n) is 2.26. The van der Waals surface area contributed by atoms with E-state index in [2.05, 4.69) is 20.7 Å². The van der Waals surface area contributed by atoms with E-state index in [0.29, 0.717) is 18.9 Å². The van der Waals surface area contributed by atoms with Gasteiger partial charge in [0.05, 0.1) is 13.1 Å². The molecule has 106 valence electrons. The standard InChI is InChI=1S/C13H17N5O2/c1-14-9(7-13-15-17-18(2)16-13)12-8-19-10-5-3-4-6-11(10)20-12/h3-6,9,12,14H,7-8H2,1-2H3. The summed E-state index contributed by atoms with van der Waals surface area (Å²) in [4.78, 5) is 1.45. The van der Waals surface area contributed by atoms with Crippen molar-refractivity contribution in [1.82, 2.24) is 25.5 Å². The molecule has 7 heteroatoms. The Hall–Kier alpha value is -2.15. The van der Waals surface area contributed by atoms with Crippen molar-refractivity contribution in [3.05, 3.63) is 30.1 Å². The highest BCUT2D eigenvalue weighted by Crippen LogP contribution is 2.31. The maximum absolute atomic E-state index is 5.99. The molecule has 1 aliphatic heterocycles. The molecule has 2 atom stereocenters. The third-order valence-electron chi connectivity index (χ3n) is 3.30. The summed E-state index contributed by atoms with van der Waals surface area (Å²) in [7, 11) is 3.65. The first-order valence-electron chi connectivity index (χ1n) is 6.55. The molecule has 2 heterocycles. The van der Waals surface area contributed by atoms with Gasteiger partial charge in [-0.15, -0.1) is 10.2 Å². The van der Waals surface area contributed by atoms with E-state index in [1.807, 2.05) is 31.3 Å². The SMILES string of the molecule is CNC(Cc1nnn(C)n1)C1COc2ccccc2O1. The monoisotopic (exact) mass is 275 g/mol. The lowest BCUT2D eigenvalue weighted by atomic mass is 10.1. The van der Waals surface area contributed by atoms with Gasteiger partial charge in [-0.2, -0.15) is 4.80 Å². The first-order chi connectivity index (χ1) is 9.76. The number of fused-ring (bicyclic) bond motifs is 1. The number of aryl methyl sites for hydroxylation is 1. The normalized spacial score (nSPS) is 18.8. The van der Waals surface area contributed by atoms with Gasteiger partial charge in [0.15, 0.2) is 17.3 Å². The van der Waals surface area contributed by atoms with E-state index in [-0.39, 0.29) is 12.1 Å². The van der Waals surface area contributed by atoms with Crippen LogP contribution in [0.1, 0.15) is 5.82 Å². The van der Waals surface area contributed by atoms with E-state index in [0.717, 1.165) is 11.5 Å². The van der Waals surface area contributed by atoms with Gasteiger partial charge >= 0.3 is 0 Å². The molecule has 0 saturated carbocycles. The summed E-state index contributed by atoms with van der Waals surface area (Å²) in [6.07, 6.45) is 0.555. The van der Waals surface area contributed by atoms with Crippen molar-refractivity contribution < 1.29 is 9.47 Å². The number of tetrazole rings is 1. The van der Waals surface area contributed by atoms with Crippen molar-refractivity contribution in [3.8, 4) is 11.5 Å². The van der Waals surface area contributed by atoms with Gasteiger partial charge in [0.2, 0.25) is 0 Å². The minimum absolute atomic E-state index is 0.0626. The number of hydrogen-bond acceptors (Lipinski definition) is 6. The second-order valence-electron chi connectivity index (χ2n) is 4.71. The second kappa shape index (κ2) is 5.46. The van der Waals surface area contributed by atoms with Crippen LogP contribution in [0.3, 0.4) is 0 Å². The van der Waals surface area contributed by atoms with Crippen LogP contribution in [0.5, 0.6) is 11.5 Å². The van der Waals surface area contributed by atoms with Crippen LogP contribution in [-0.2, 0) is 13.5 Å². The Labute approximate surface area is 116 Å². The number of likely N-dealkylation sites (N-methyl/N-ethyl adjacent to an activating group) is 1. The Balaban J connectivity index is 1.71. The smallest absolute Gasteiger partial charge is 0.176 e. The molecule has 0 amide bonds. The Kier molecular flexibility index (Phi) is 3.51. The highest BCUT2D eigenvalue weighted by molar-refractivity contribution is 5.40. The van der Waals surface area contributed by atoms with E-state index in [1.165, 1.54) is 4.80 Å². The number of hydrogen-bond donors (Lipinski definition) is 1. The van der Waals surface area contributed by atoms with Crippen LogP contribution in [0, 0.1) is 0 Å². The minimum Gasteiger partial charge on any atom is -0.486 e. The average Bonchev–Trinajstić information content (AvgIpc) is 2.89. The molecule has 0 radical (unpaired) electrons. The van der Waals surface area contributed by atoms with Crippen molar-refractivity contribution in [2.45, 2.75) is 18.6 Å². The molecule has 20 heavy (non-hydrogen) atoms. The second-order valence-corrected chi connectivity index (χ2v) is 4.71. The molecule has 0 aliphatic carbocycles. The summed E-state index contributed by atoms with van der Waals surface area (Å²) in [6.45, 7) is 0.503. The first kappa shape index (κ1) is 12.9. The molecule has 1 aromatic heterocycles. The van der Waals surface area contributed by atoms with Gasteiger partial charge in [-0.25, -0.2) is 0 Å². The molecule has 7 nitrogen and oxygen atoms in total. The zero-order valence-corrected chi connectivity index (χ0v) is 11.5. The summed E-state index contributed by atoms with van der Waals surface area (Å²) in [5.41, 5.74) is 0. The molecule has 2 aromatic rings. The van der Waals surface area contributed by atoms with Gasteiger partial charge in [0, 0.05) is 6.42 Å². The van der Waals surface area contributed by atoms with Gasteiger partial charge < -0.3 is 14.8 Å². The topological polar surface area (TPSA) is 74.1 Å². The summed E-state index contributed by atoms with van der Waals surface area (Å²) >= 11 is 0. The van der Waals surface area contributed by atoms with Crippen molar-refractivity contribution in [2.24, 2.45) is 7.05 Å². The number of para-hydroxylation sites is 2. The Morgan fingerprint density at radius 3 is 2.90 bits per heavy atom. The highest BCUT2D eigenvalue weighted by atomic mass is 16.6. The quantitative estimate of drug-likeness (QED) is 0.858. The Morgan fingerprint density at radius 2 is 2.20 bits per heavy atom. The number of ether oxygens (including phenoxy) is 2. The zero-order chi connectivity index (χ0) is 13.9. The van der Waals surface area contributed by atoms with Crippen LogP contribution in [-0.4, -0.2) is 46.0 Å². The van der Waals surface area contributed by atoms with Crippen LogP contribution < -0.4 is 14.8 Å². The molecule has 2 unspecified atom stereocenters. The van der Waals surface area contributed by atoms with E-state index in [9.17, 15) is 0 Å². The third-order valence-corrected chi connectivity index (χ3v) is 3.30. The molecule has 0 spiro atoms. The Morgan fingerprint density at radius 1 is 1.40 bits per heavy atom. The molecular weight excluding hydrogens is 258 g/mol. The number of rotatable bonds is 4. The summed E-state index contributed by atoms with van der Waals surface area (Å²) in [5.74, 6) is 2.25. The molecule has 1 aromatic carbocycles. The van der Waals surface area contributed by atoms with E-state index < -0.39 is 0 Å². The molecule has 1 N–H and O–H groups in total. The van der Waals surface area contributed by atoms with Crippen LogP contribution in [0.25, 0.3) is 0 Å². The summed E-state index contributed by atoms with van der Waals surface area (Å²) < 4.78 is 11.7. The van der Waals surface area contributed by atoms with Gasteiger partial charge in [0.1, 0.15) is 12.7 Å². The maximum atomic E-state index is 5.99. The Bertz CT molecular complexity index is 586. The van der Waals surface area contributed by atoms with Crippen LogP contribution in [0.15, 0.2) is 24.3 Å². The lowest BCUT2D eigenvalue weighted by Gasteiger charge is -2.31. The van der Waals surface area contributed by atoms with Crippen LogP contribution in [0.2, 0.25) is 0 Å². The van der Waals surface area contributed by atoms with Crippen LogP contribution in [0.4, 0.5) is 0 Å². The van der Waals surface area contributed by atoms with Gasteiger partial charge in [0.25, 0.3) is 0 Å². The predicted molar refractivity (Wildman–Crippen MR) is 71.7 cm³/mol. The van der Waals surface area contributed by atoms with Crippen molar-refractivity contribution in [3.63, 3.8) is 0 Å². The number of nitrogens with one attached hydrogen (secondary N) is 1. The van der Waals surface area contributed by atoms with Gasteiger partial charge in [-0.3, -0.25) is 0 Å². The fraction of sp³-hybridized carbons (Fsp3) is 0.462. The lowest BCUT2D eigenvalue weighted by molar-refractivity contribution is 0.0635. The summed E-state index contributed by atoms with van der Waals surface area (Å²) in [5, 5.41) is 15.3. The zero-order valence-electron chi connectivity index (χ0n) is 11.5. The largest absolute Gasteiger partial charge is 0.486 e. The van der Waals surface area contributed by atoms with Gasteiger partial charge in [-0.1, -0.05) is 12.1 Å². The third kappa shape index (κ3) is 2.57. The fourth-order valence-corrected chi connectivity index (χ4v) is 2.26. The number of aromatic nitrogens is 4. The van der Waals surface area contributed by atoms with Gasteiger partial charge in [-0.05, 0) is 24.4 Å². The molecule has 0 saturated heterocycles. The van der Waals surface area contributed by atoms with E-state index in [4.69, 9.17) is 9.47 Å². The highest BCUT2D eigenvalue weighted by Gasteiger charge is 2.29. The van der Waals surface area contributed by atoms with E-state index >= 15 is 0 Å². The molecule has 1 aliphatic rings. The minimum atomic E-state index is -0.0845. The molecule has 0 bridgehead atoms. The average molecular weight is 275 g/mol. The first-order valence-corrected chi connectivity index (χ1v) is 6.55. The lowest BCUT2D eigenvalue weighted by Crippen LogP contribution is -2.48.